The first kappa shape index (κ1) is 16.1. The van der Waals surface area contributed by atoms with Gasteiger partial charge in [0, 0.05) is 13.1 Å². The molecule has 1 aliphatic rings. The first-order chi connectivity index (χ1) is 9.79. The highest BCUT2D eigenvalue weighted by atomic mass is 35.5. The van der Waals surface area contributed by atoms with Gasteiger partial charge < -0.3 is 5.11 Å². The van der Waals surface area contributed by atoms with Crippen LogP contribution < -0.4 is 4.72 Å². The fourth-order valence-corrected chi connectivity index (χ4v) is 3.90. The fourth-order valence-electron chi connectivity index (χ4n) is 2.33. The number of anilines is 1. The van der Waals surface area contributed by atoms with E-state index in [2.05, 4.69) is 4.72 Å². The van der Waals surface area contributed by atoms with Crippen LogP contribution in [0.5, 0.6) is 0 Å². The molecule has 0 aliphatic carbocycles. The van der Waals surface area contributed by atoms with Gasteiger partial charge in [-0.15, -0.1) is 0 Å². The molecule has 1 atom stereocenters. The number of hydrogen-bond acceptors (Lipinski definition) is 3. The van der Waals surface area contributed by atoms with Crippen LogP contribution in [-0.2, 0) is 10.2 Å². The molecule has 1 aliphatic heterocycles. The Morgan fingerprint density at radius 1 is 1.48 bits per heavy atom. The molecule has 0 bridgehead atoms. The lowest BCUT2D eigenvalue weighted by Gasteiger charge is -2.30. The lowest BCUT2D eigenvalue weighted by molar-refractivity contribution is 0.0697. The second kappa shape index (κ2) is 6.21. The third-order valence-electron chi connectivity index (χ3n) is 3.40. The van der Waals surface area contributed by atoms with Crippen LogP contribution in [0.15, 0.2) is 18.2 Å². The van der Waals surface area contributed by atoms with Crippen molar-refractivity contribution in [2.24, 2.45) is 5.92 Å². The molecule has 0 amide bonds. The van der Waals surface area contributed by atoms with E-state index in [9.17, 15) is 13.2 Å². The number of aromatic carboxylic acids is 1. The monoisotopic (exact) mass is 332 g/mol. The summed E-state index contributed by atoms with van der Waals surface area (Å²) in [6.45, 7) is 2.94. The normalized spacial score (nSPS) is 20.2. The summed E-state index contributed by atoms with van der Waals surface area (Å²) in [7, 11) is -3.68. The topological polar surface area (TPSA) is 86.7 Å². The number of rotatable bonds is 4. The van der Waals surface area contributed by atoms with Crippen molar-refractivity contribution < 1.29 is 18.3 Å². The lowest BCUT2D eigenvalue weighted by atomic mass is 10.0. The number of carboxylic acids is 1. The second-order valence-corrected chi connectivity index (χ2v) is 7.29. The number of carboxylic acid groups (broad SMARTS) is 1. The minimum absolute atomic E-state index is 0.0667. The summed E-state index contributed by atoms with van der Waals surface area (Å²) in [5.41, 5.74) is 0.0545. The predicted molar refractivity (Wildman–Crippen MR) is 80.9 cm³/mol. The van der Waals surface area contributed by atoms with Crippen molar-refractivity contribution in [3.8, 4) is 0 Å². The van der Waals surface area contributed by atoms with E-state index in [1.165, 1.54) is 22.5 Å². The average molecular weight is 333 g/mol. The maximum Gasteiger partial charge on any atom is 0.337 e. The molecule has 1 saturated heterocycles. The molecule has 0 spiro atoms. The van der Waals surface area contributed by atoms with Crippen molar-refractivity contribution in [1.82, 2.24) is 4.31 Å². The summed E-state index contributed by atoms with van der Waals surface area (Å²) in [5.74, 6) is -0.886. The third-order valence-corrected chi connectivity index (χ3v) is 5.24. The quantitative estimate of drug-likeness (QED) is 0.886. The highest BCUT2D eigenvalue weighted by molar-refractivity contribution is 7.90. The van der Waals surface area contributed by atoms with Crippen molar-refractivity contribution in [2.75, 3.05) is 17.8 Å². The van der Waals surface area contributed by atoms with E-state index in [-0.39, 0.29) is 16.3 Å². The largest absolute Gasteiger partial charge is 0.478 e. The number of piperidine rings is 1. The first-order valence-corrected chi connectivity index (χ1v) is 8.42. The molecule has 2 N–H and O–H groups in total. The van der Waals surface area contributed by atoms with Crippen LogP contribution in [0, 0.1) is 5.92 Å². The minimum atomic E-state index is -3.68. The fraction of sp³-hybridized carbons (Fsp3) is 0.462. The number of carbonyl (C=O) groups is 1. The molecule has 116 valence electrons. The summed E-state index contributed by atoms with van der Waals surface area (Å²) in [5, 5.41) is 9.07. The van der Waals surface area contributed by atoms with Gasteiger partial charge in [-0.05, 0) is 37.0 Å². The summed E-state index contributed by atoms with van der Waals surface area (Å²) in [6.07, 6.45) is 1.83. The molecule has 1 fully saturated rings. The molecular weight excluding hydrogens is 316 g/mol. The molecule has 2 rings (SSSR count). The van der Waals surface area contributed by atoms with E-state index in [0.717, 1.165) is 12.8 Å². The Labute approximate surface area is 128 Å². The molecular formula is C13H17ClN2O4S. The van der Waals surface area contributed by atoms with Gasteiger partial charge in [0.1, 0.15) is 0 Å². The molecule has 1 aromatic carbocycles. The standard InChI is InChI=1S/C13H17ClN2O4S/c1-9-3-2-6-16(8-9)21(19,20)15-10-4-5-12(14)11(7-10)13(17)18/h4-5,7,9,15H,2-3,6,8H2,1H3,(H,17,18). The summed E-state index contributed by atoms with van der Waals surface area (Å²) < 4.78 is 28.4. The Bertz CT molecular complexity index is 648. The minimum Gasteiger partial charge on any atom is -0.478 e. The zero-order valence-corrected chi connectivity index (χ0v) is 13.1. The molecule has 0 radical (unpaired) electrons. The lowest BCUT2D eigenvalue weighted by Crippen LogP contribution is -2.42. The second-order valence-electron chi connectivity index (χ2n) is 5.21. The van der Waals surface area contributed by atoms with Crippen molar-refractivity contribution in [3.05, 3.63) is 28.8 Å². The number of hydrogen-bond donors (Lipinski definition) is 2. The third kappa shape index (κ3) is 3.87. The van der Waals surface area contributed by atoms with Crippen LogP contribution >= 0.6 is 11.6 Å². The zero-order valence-electron chi connectivity index (χ0n) is 11.5. The SMILES string of the molecule is CC1CCCN(S(=O)(=O)Nc2ccc(Cl)c(C(=O)O)c2)C1. The molecule has 21 heavy (non-hydrogen) atoms. The van der Waals surface area contributed by atoms with Gasteiger partial charge in [0.25, 0.3) is 0 Å². The van der Waals surface area contributed by atoms with Gasteiger partial charge in [-0.2, -0.15) is 12.7 Å². The molecule has 1 unspecified atom stereocenters. The van der Waals surface area contributed by atoms with Crippen molar-refractivity contribution in [1.29, 1.82) is 0 Å². The van der Waals surface area contributed by atoms with Crippen LogP contribution in [0.4, 0.5) is 5.69 Å². The van der Waals surface area contributed by atoms with Gasteiger partial charge >= 0.3 is 16.2 Å². The van der Waals surface area contributed by atoms with Crippen LogP contribution in [-0.4, -0.2) is 36.9 Å². The van der Waals surface area contributed by atoms with E-state index in [4.69, 9.17) is 16.7 Å². The van der Waals surface area contributed by atoms with E-state index in [1.54, 1.807) is 0 Å². The molecule has 8 heteroatoms. The summed E-state index contributed by atoms with van der Waals surface area (Å²) in [6, 6.07) is 4.02. The average Bonchev–Trinajstić information content (AvgIpc) is 2.40. The van der Waals surface area contributed by atoms with Crippen LogP contribution in [0.3, 0.4) is 0 Å². The highest BCUT2D eigenvalue weighted by Gasteiger charge is 2.27. The summed E-state index contributed by atoms with van der Waals surface area (Å²) in [4.78, 5) is 11.0. The Morgan fingerprint density at radius 2 is 2.19 bits per heavy atom. The molecule has 0 aromatic heterocycles. The Kier molecular flexibility index (Phi) is 4.75. The van der Waals surface area contributed by atoms with E-state index < -0.39 is 16.2 Å². The van der Waals surface area contributed by atoms with Gasteiger partial charge in [0.15, 0.2) is 0 Å². The van der Waals surface area contributed by atoms with Crippen LogP contribution in [0.1, 0.15) is 30.1 Å². The Morgan fingerprint density at radius 3 is 2.81 bits per heavy atom. The number of benzene rings is 1. The van der Waals surface area contributed by atoms with E-state index in [0.29, 0.717) is 19.0 Å². The first-order valence-electron chi connectivity index (χ1n) is 6.60. The van der Waals surface area contributed by atoms with Gasteiger partial charge in [-0.1, -0.05) is 18.5 Å². The smallest absolute Gasteiger partial charge is 0.337 e. The van der Waals surface area contributed by atoms with E-state index in [1.807, 2.05) is 6.92 Å². The number of nitrogens with one attached hydrogen (secondary N) is 1. The molecule has 1 aromatic rings. The van der Waals surface area contributed by atoms with Crippen molar-refractivity contribution in [3.63, 3.8) is 0 Å². The summed E-state index contributed by atoms with van der Waals surface area (Å²) >= 11 is 5.76. The van der Waals surface area contributed by atoms with Crippen molar-refractivity contribution >= 4 is 33.5 Å². The molecule has 1 heterocycles. The van der Waals surface area contributed by atoms with Gasteiger partial charge in [0.05, 0.1) is 16.3 Å². The van der Waals surface area contributed by atoms with E-state index >= 15 is 0 Å². The predicted octanol–water partition coefficient (Wildman–Crippen LogP) is 2.43. The van der Waals surface area contributed by atoms with Gasteiger partial charge in [-0.3, -0.25) is 4.72 Å². The Balaban J connectivity index is 2.20. The van der Waals surface area contributed by atoms with Gasteiger partial charge in [-0.25, -0.2) is 4.79 Å². The highest BCUT2D eigenvalue weighted by Crippen LogP contribution is 2.23. The molecule has 6 nitrogen and oxygen atoms in total. The molecule has 0 saturated carbocycles. The zero-order chi connectivity index (χ0) is 15.6. The Hall–Kier alpha value is -1.31. The van der Waals surface area contributed by atoms with Crippen LogP contribution in [0.25, 0.3) is 0 Å². The van der Waals surface area contributed by atoms with Crippen molar-refractivity contribution in [2.45, 2.75) is 19.8 Å². The maximum absolute atomic E-state index is 12.3. The number of nitrogens with zero attached hydrogens (tertiary/aromatic N) is 1. The number of halogens is 1. The maximum atomic E-state index is 12.3. The van der Waals surface area contributed by atoms with Crippen LogP contribution in [0.2, 0.25) is 5.02 Å². The van der Waals surface area contributed by atoms with Gasteiger partial charge in [0.2, 0.25) is 0 Å².